The molecule has 0 bridgehead atoms. The molecular formula is C19H16ClN2O4-. The molecule has 0 aliphatic carbocycles. The number of halogens is 1. The van der Waals surface area contributed by atoms with Crippen molar-refractivity contribution < 1.29 is 19.5 Å². The van der Waals surface area contributed by atoms with E-state index in [9.17, 15) is 14.7 Å². The fourth-order valence-corrected chi connectivity index (χ4v) is 2.76. The highest BCUT2D eigenvalue weighted by molar-refractivity contribution is 6.30. The molecule has 3 rings (SSSR count). The minimum absolute atomic E-state index is 0.131. The first kappa shape index (κ1) is 17.9. The number of carboxylic acids is 1. The summed E-state index contributed by atoms with van der Waals surface area (Å²) >= 11 is 5.85. The van der Waals surface area contributed by atoms with E-state index >= 15 is 0 Å². The maximum Gasteiger partial charge on any atom is 0.264 e. The zero-order chi connectivity index (χ0) is 18.5. The molecule has 0 unspecified atom stereocenters. The van der Waals surface area contributed by atoms with E-state index in [1.807, 2.05) is 6.07 Å². The van der Waals surface area contributed by atoms with Crippen LogP contribution in [-0.2, 0) is 20.8 Å². The van der Waals surface area contributed by atoms with Crippen molar-refractivity contribution in [3.8, 4) is 0 Å². The number of benzene rings is 2. The quantitative estimate of drug-likeness (QED) is 0.828. The molecule has 1 N–H and O–H groups in total. The maximum atomic E-state index is 12.4. The molecular weight excluding hydrogens is 356 g/mol. The third-order valence-corrected chi connectivity index (χ3v) is 4.27. The van der Waals surface area contributed by atoms with Crippen molar-refractivity contribution >= 4 is 29.2 Å². The van der Waals surface area contributed by atoms with Gasteiger partial charge in [-0.15, -0.1) is 0 Å². The van der Waals surface area contributed by atoms with Crippen molar-refractivity contribution in [1.82, 2.24) is 5.32 Å². The van der Waals surface area contributed by atoms with Crippen LogP contribution >= 0.6 is 11.6 Å². The summed E-state index contributed by atoms with van der Waals surface area (Å²) < 4.78 is 0. The molecule has 7 heteroatoms. The first-order valence-corrected chi connectivity index (χ1v) is 8.44. The molecule has 0 saturated carbocycles. The van der Waals surface area contributed by atoms with Crippen molar-refractivity contribution in [2.45, 2.75) is 25.0 Å². The van der Waals surface area contributed by atoms with Crippen molar-refractivity contribution in [3.63, 3.8) is 0 Å². The Balaban J connectivity index is 1.60. The van der Waals surface area contributed by atoms with Gasteiger partial charge in [0.05, 0.1) is 17.7 Å². The number of carbonyl (C=O) groups is 2. The predicted octanol–water partition coefficient (Wildman–Crippen LogP) is 1.31. The third kappa shape index (κ3) is 4.40. The Kier molecular flexibility index (Phi) is 5.53. The van der Waals surface area contributed by atoms with E-state index < -0.39 is 24.0 Å². The fourth-order valence-electron chi connectivity index (χ4n) is 2.64. The summed E-state index contributed by atoms with van der Waals surface area (Å²) in [6.07, 6.45) is -0.497. The first-order valence-electron chi connectivity index (χ1n) is 8.06. The van der Waals surface area contributed by atoms with Gasteiger partial charge in [0.25, 0.3) is 5.91 Å². The predicted molar refractivity (Wildman–Crippen MR) is 94.6 cm³/mol. The molecule has 134 valence electrons. The Morgan fingerprint density at radius 2 is 1.88 bits per heavy atom. The molecule has 1 aliphatic heterocycles. The molecule has 2 aromatic rings. The number of nitrogens with one attached hydrogen (secondary N) is 1. The molecule has 0 saturated heterocycles. The van der Waals surface area contributed by atoms with Gasteiger partial charge in [0.1, 0.15) is 0 Å². The second-order valence-electron chi connectivity index (χ2n) is 5.91. The SMILES string of the molecule is O=C(N[C@H](Cc1ccccc1)C(=O)[O-])[C@@H]1CC(c2ccc(Cl)cc2)=NO1. The minimum Gasteiger partial charge on any atom is -0.548 e. The molecule has 1 heterocycles. The number of nitrogens with zero attached hydrogens (tertiary/aromatic N) is 1. The number of amides is 1. The van der Waals surface area contributed by atoms with Gasteiger partial charge in [-0.3, -0.25) is 4.79 Å². The number of hydrogen-bond donors (Lipinski definition) is 1. The summed E-state index contributed by atoms with van der Waals surface area (Å²) in [7, 11) is 0. The van der Waals surface area contributed by atoms with E-state index in [2.05, 4.69) is 10.5 Å². The smallest absolute Gasteiger partial charge is 0.264 e. The van der Waals surface area contributed by atoms with Gasteiger partial charge < -0.3 is 20.1 Å². The Hall–Kier alpha value is -2.86. The number of aliphatic carboxylic acids is 1. The molecule has 26 heavy (non-hydrogen) atoms. The lowest BCUT2D eigenvalue weighted by Gasteiger charge is -2.21. The highest BCUT2D eigenvalue weighted by Crippen LogP contribution is 2.19. The lowest BCUT2D eigenvalue weighted by atomic mass is 10.0. The van der Waals surface area contributed by atoms with E-state index in [1.165, 1.54) is 0 Å². The van der Waals surface area contributed by atoms with Crippen LogP contribution in [0.25, 0.3) is 0 Å². The lowest BCUT2D eigenvalue weighted by Crippen LogP contribution is -2.51. The highest BCUT2D eigenvalue weighted by atomic mass is 35.5. The zero-order valence-electron chi connectivity index (χ0n) is 13.7. The van der Waals surface area contributed by atoms with Gasteiger partial charge in [-0.1, -0.05) is 59.2 Å². The number of carboxylic acid groups (broad SMARTS) is 1. The van der Waals surface area contributed by atoms with Crippen molar-refractivity contribution in [3.05, 3.63) is 70.7 Å². The largest absolute Gasteiger partial charge is 0.548 e. The van der Waals surface area contributed by atoms with Crippen LogP contribution in [0.2, 0.25) is 5.02 Å². The van der Waals surface area contributed by atoms with Crippen LogP contribution in [-0.4, -0.2) is 29.7 Å². The van der Waals surface area contributed by atoms with Crippen LogP contribution in [0.3, 0.4) is 0 Å². The monoisotopic (exact) mass is 371 g/mol. The Labute approximate surface area is 155 Å². The van der Waals surface area contributed by atoms with Crippen LogP contribution in [0.5, 0.6) is 0 Å². The number of oxime groups is 1. The molecule has 0 spiro atoms. The molecule has 1 amide bonds. The minimum atomic E-state index is -1.35. The van der Waals surface area contributed by atoms with Gasteiger partial charge in [-0.25, -0.2) is 0 Å². The van der Waals surface area contributed by atoms with Gasteiger partial charge in [-0.05, 0) is 29.7 Å². The van der Waals surface area contributed by atoms with E-state index in [1.54, 1.807) is 48.5 Å². The molecule has 2 aromatic carbocycles. The fraction of sp³-hybridized carbons (Fsp3) is 0.211. The van der Waals surface area contributed by atoms with Crippen molar-refractivity contribution in [2.24, 2.45) is 5.16 Å². The average Bonchev–Trinajstić information content (AvgIpc) is 3.13. The Morgan fingerprint density at radius 3 is 2.54 bits per heavy atom. The summed E-state index contributed by atoms with van der Waals surface area (Å²) in [6, 6.07) is 14.9. The first-order chi connectivity index (χ1) is 12.5. The molecule has 0 radical (unpaired) electrons. The maximum absolute atomic E-state index is 12.4. The Morgan fingerprint density at radius 1 is 1.19 bits per heavy atom. The normalized spacial score (nSPS) is 17.1. The van der Waals surface area contributed by atoms with Gasteiger partial charge >= 0.3 is 0 Å². The van der Waals surface area contributed by atoms with E-state index in [0.29, 0.717) is 10.7 Å². The summed E-state index contributed by atoms with van der Waals surface area (Å²) in [4.78, 5) is 28.9. The summed E-state index contributed by atoms with van der Waals surface area (Å²) in [6.45, 7) is 0. The molecule has 1 aliphatic rings. The van der Waals surface area contributed by atoms with Gasteiger partial charge in [0.15, 0.2) is 0 Å². The average molecular weight is 372 g/mol. The molecule has 0 fully saturated rings. The summed E-state index contributed by atoms with van der Waals surface area (Å²) in [5, 5.41) is 18.4. The van der Waals surface area contributed by atoms with E-state index in [0.717, 1.165) is 11.1 Å². The van der Waals surface area contributed by atoms with Gasteiger partial charge in [-0.2, -0.15) is 0 Å². The van der Waals surface area contributed by atoms with Crippen molar-refractivity contribution in [2.75, 3.05) is 0 Å². The summed E-state index contributed by atoms with van der Waals surface area (Å²) in [5.41, 5.74) is 2.19. The second kappa shape index (κ2) is 8.01. The van der Waals surface area contributed by atoms with Crippen LogP contribution in [0.1, 0.15) is 17.5 Å². The van der Waals surface area contributed by atoms with E-state index in [4.69, 9.17) is 16.4 Å². The van der Waals surface area contributed by atoms with Gasteiger partial charge in [0.2, 0.25) is 6.10 Å². The lowest BCUT2D eigenvalue weighted by molar-refractivity contribution is -0.308. The number of carbonyl (C=O) groups excluding carboxylic acids is 2. The van der Waals surface area contributed by atoms with Crippen molar-refractivity contribution in [1.29, 1.82) is 0 Å². The van der Waals surface area contributed by atoms with Crippen LogP contribution < -0.4 is 10.4 Å². The standard InChI is InChI=1S/C19H17ClN2O4/c20-14-8-6-13(7-9-14)15-11-17(26-22-15)18(23)21-16(19(24)25)10-12-4-2-1-3-5-12/h1-9,16-17H,10-11H2,(H,21,23)(H,24,25)/p-1/t16-,17+/m1/s1. The number of hydrogen-bond acceptors (Lipinski definition) is 5. The zero-order valence-corrected chi connectivity index (χ0v) is 14.5. The molecule has 6 nitrogen and oxygen atoms in total. The van der Waals surface area contributed by atoms with E-state index in [-0.39, 0.29) is 12.8 Å². The second-order valence-corrected chi connectivity index (χ2v) is 6.35. The number of rotatable bonds is 6. The van der Waals surface area contributed by atoms with Crippen LogP contribution in [0.4, 0.5) is 0 Å². The summed E-state index contributed by atoms with van der Waals surface area (Å²) in [5.74, 6) is -1.89. The molecule has 2 atom stereocenters. The van der Waals surface area contributed by atoms with Crippen LogP contribution in [0, 0.1) is 0 Å². The Bertz CT molecular complexity index is 821. The molecule has 0 aromatic heterocycles. The topological polar surface area (TPSA) is 90.8 Å². The van der Waals surface area contributed by atoms with Gasteiger partial charge in [0, 0.05) is 11.4 Å². The van der Waals surface area contributed by atoms with Crippen LogP contribution in [0.15, 0.2) is 59.8 Å². The third-order valence-electron chi connectivity index (χ3n) is 4.02. The highest BCUT2D eigenvalue weighted by Gasteiger charge is 2.30.